The third-order valence-electron chi connectivity index (χ3n) is 5.51. The molecular formula is C30H37N3O4. The zero-order valence-electron chi connectivity index (χ0n) is 22.3. The highest BCUT2D eigenvalue weighted by Gasteiger charge is 2.26. The molecule has 196 valence electrons. The largest absolute Gasteiger partial charge is 0.459 e. The fraction of sp³-hybridized carbons (Fsp3) is 0.367. The second-order valence-corrected chi connectivity index (χ2v) is 10.2. The lowest BCUT2D eigenvalue weighted by Gasteiger charge is -2.26. The van der Waals surface area contributed by atoms with Crippen LogP contribution in [0.4, 0.5) is 0 Å². The smallest absolute Gasteiger partial charge is 0.330 e. The molecule has 37 heavy (non-hydrogen) atoms. The maximum Gasteiger partial charge on any atom is 0.330 e. The predicted octanol–water partition coefficient (Wildman–Crippen LogP) is 4.99. The summed E-state index contributed by atoms with van der Waals surface area (Å²) in [5.41, 5.74) is 3.86. The lowest BCUT2D eigenvalue weighted by molar-refractivity contribution is -0.158. The Kier molecular flexibility index (Phi) is 9.80. The van der Waals surface area contributed by atoms with Crippen LogP contribution in [0.2, 0.25) is 0 Å². The third kappa shape index (κ3) is 9.35. The maximum atomic E-state index is 12.3. The maximum absolute atomic E-state index is 12.3. The molecule has 1 aromatic carbocycles. The van der Waals surface area contributed by atoms with Gasteiger partial charge in [0.25, 0.3) is 0 Å². The van der Waals surface area contributed by atoms with Gasteiger partial charge in [-0.2, -0.15) is 0 Å². The number of fused-ring (bicyclic) bond motifs is 1. The van der Waals surface area contributed by atoms with Gasteiger partial charge in [0.2, 0.25) is 0 Å². The molecule has 0 unspecified atom stereocenters. The van der Waals surface area contributed by atoms with E-state index in [0.29, 0.717) is 6.54 Å². The molecule has 0 aliphatic carbocycles. The van der Waals surface area contributed by atoms with Gasteiger partial charge in [-0.1, -0.05) is 56.3 Å². The van der Waals surface area contributed by atoms with Crippen molar-refractivity contribution in [2.24, 2.45) is 5.92 Å². The van der Waals surface area contributed by atoms with Gasteiger partial charge in [0, 0.05) is 31.2 Å². The van der Waals surface area contributed by atoms with Crippen molar-refractivity contribution in [1.29, 1.82) is 0 Å². The Morgan fingerprint density at radius 2 is 1.78 bits per heavy atom. The minimum atomic E-state index is -0.544. The van der Waals surface area contributed by atoms with Crippen LogP contribution in [0, 0.1) is 5.92 Å². The van der Waals surface area contributed by atoms with Crippen molar-refractivity contribution in [3.05, 3.63) is 89.9 Å². The molecule has 1 N–H and O–H groups in total. The van der Waals surface area contributed by atoms with Crippen molar-refractivity contribution < 1.29 is 19.1 Å². The SMILES string of the molecule is CC(C)[C@H](NCC=CC(=O)OCC=Cc1ccc(Cc2ccc3nccn3c2)cc1)C(=O)OC(C)(C)C. The number of hydrogen-bond acceptors (Lipinski definition) is 6. The summed E-state index contributed by atoms with van der Waals surface area (Å²) in [6.45, 7) is 9.94. The number of rotatable bonds is 11. The van der Waals surface area contributed by atoms with Crippen LogP contribution < -0.4 is 5.32 Å². The Morgan fingerprint density at radius 3 is 2.49 bits per heavy atom. The summed E-state index contributed by atoms with van der Waals surface area (Å²) in [6.07, 6.45) is 13.4. The predicted molar refractivity (Wildman–Crippen MR) is 146 cm³/mol. The second kappa shape index (κ2) is 13.0. The molecule has 0 amide bonds. The zero-order valence-corrected chi connectivity index (χ0v) is 22.3. The van der Waals surface area contributed by atoms with E-state index in [0.717, 1.165) is 17.6 Å². The van der Waals surface area contributed by atoms with Gasteiger partial charge < -0.3 is 19.2 Å². The van der Waals surface area contributed by atoms with Crippen LogP contribution in [0.25, 0.3) is 11.7 Å². The first-order chi connectivity index (χ1) is 17.6. The van der Waals surface area contributed by atoms with Crippen molar-refractivity contribution >= 4 is 23.7 Å². The van der Waals surface area contributed by atoms with E-state index in [1.54, 1.807) is 12.3 Å². The Morgan fingerprint density at radius 1 is 1.05 bits per heavy atom. The van der Waals surface area contributed by atoms with Gasteiger partial charge in [0.1, 0.15) is 23.9 Å². The minimum Gasteiger partial charge on any atom is -0.459 e. The van der Waals surface area contributed by atoms with Crippen LogP contribution in [0.3, 0.4) is 0 Å². The molecule has 0 bridgehead atoms. The molecule has 3 aromatic rings. The first kappa shape index (κ1) is 27.9. The van der Waals surface area contributed by atoms with E-state index < -0.39 is 17.6 Å². The van der Waals surface area contributed by atoms with Crippen molar-refractivity contribution in [2.45, 2.75) is 52.7 Å². The quantitative estimate of drug-likeness (QED) is 0.293. The number of aromatic nitrogens is 2. The minimum absolute atomic E-state index is 0.0566. The summed E-state index contributed by atoms with van der Waals surface area (Å²) in [7, 11) is 0. The molecule has 0 spiro atoms. The number of pyridine rings is 1. The van der Waals surface area contributed by atoms with Gasteiger partial charge in [0.15, 0.2) is 0 Å². The van der Waals surface area contributed by atoms with Crippen LogP contribution in [0.5, 0.6) is 0 Å². The molecule has 2 heterocycles. The number of nitrogens with zero attached hydrogens (tertiary/aromatic N) is 2. The Labute approximate surface area is 219 Å². The van der Waals surface area contributed by atoms with Gasteiger partial charge >= 0.3 is 11.9 Å². The van der Waals surface area contributed by atoms with Gasteiger partial charge in [-0.3, -0.25) is 4.79 Å². The average molecular weight is 504 g/mol. The van der Waals surface area contributed by atoms with E-state index >= 15 is 0 Å². The highest BCUT2D eigenvalue weighted by molar-refractivity contribution is 5.82. The van der Waals surface area contributed by atoms with Crippen molar-refractivity contribution in [3.63, 3.8) is 0 Å². The Hall–Kier alpha value is -3.71. The molecule has 7 heteroatoms. The van der Waals surface area contributed by atoms with Gasteiger partial charge in [0.05, 0.1) is 0 Å². The van der Waals surface area contributed by atoms with Crippen LogP contribution in [0.1, 0.15) is 51.3 Å². The molecule has 1 atom stereocenters. The van der Waals surface area contributed by atoms with Crippen LogP contribution in [-0.2, 0) is 25.5 Å². The number of ether oxygens (including phenoxy) is 2. The first-order valence-electron chi connectivity index (χ1n) is 12.6. The summed E-state index contributed by atoms with van der Waals surface area (Å²) < 4.78 is 12.7. The molecular weight excluding hydrogens is 466 g/mol. The lowest BCUT2D eigenvalue weighted by atomic mass is 10.0. The fourth-order valence-electron chi connectivity index (χ4n) is 3.72. The van der Waals surface area contributed by atoms with Crippen LogP contribution in [0.15, 0.2) is 73.2 Å². The summed E-state index contributed by atoms with van der Waals surface area (Å²) in [4.78, 5) is 28.6. The normalized spacial score (nSPS) is 13.0. The molecule has 0 saturated heterocycles. The number of benzene rings is 1. The van der Waals surface area contributed by atoms with E-state index in [9.17, 15) is 9.59 Å². The third-order valence-corrected chi connectivity index (χ3v) is 5.51. The second-order valence-electron chi connectivity index (χ2n) is 10.2. The number of carbonyl (C=O) groups excluding carboxylic acids is 2. The van der Waals surface area contributed by atoms with E-state index in [1.165, 1.54) is 17.2 Å². The van der Waals surface area contributed by atoms with E-state index in [2.05, 4.69) is 34.7 Å². The van der Waals surface area contributed by atoms with Crippen LogP contribution >= 0.6 is 0 Å². The highest BCUT2D eigenvalue weighted by atomic mass is 16.6. The summed E-state index contributed by atoms with van der Waals surface area (Å²) >= 11 is 0. The van der Waals surface area contributed by atoms with E-state index in [-0.39, 0.29) is 18.5 Å². The van der Waals surface area contributed by atoms with Gasteiger partial charge in [-0.25, -0.2) is 9.78 Å². The van der Waals surface area contributed by atoms with Crippen molar-refractivity contribution in [2.75, 3.05) is 13.2 Å². The molecule has 3 rings (SSSR count). The van der Waals surface area contributed by atoms with Gasteiger partial charge in [-0.05, 0) is 61.9 Å². The monoisotopic (exact) mass is 503 g/mol. The number of hydrogen-bond donors (Lipinski definition) is 1. The zero-order chi connectivity index (χ0) is 26.8. The first-order valence-corrected chi connectivity index (χ1v) is 12.6. The molecule has 7 nitrogen and oxygen atoms in total. The summed E-state index contributed by atoms with van der Waals surface area (Å²) in [5.74, 6) is -0.677. The molecule has 0 aliphatic heterocycles. The molecule has 0 fully saturated rings. The fourth-order valence-corrected chi connectivity index (χ4v) is 3.72. The molecule has 0 aliphatic rings. The number of imidazole rings is 1. The Balaban J connectivity index is 1.39. The van der Waals surface area contributed by atoms with Crippen molar-refractivity contribution in [3.8, 4) is 0 Å². The molecule has 0 saturated carbocycles. The number of nitrogens with one attached hydrogen (secondary N) is 1. The lowest BCUT2D eigenvalue weighted by Crippen LogP contribution is -2.44. The van der Waals surface area contributed by atoms with E-state index in [1.807, 2.05) is 75.6 Å². The van der Waals surface area contributed by atoms with Crippen molar-refractivity contribution in [1.82, 2.24) is 14.7 Å². The molecule has 2 aromatic heterocycles. The summed E-state index contributed by atoms with van der Waals surface area (Å²) in [6, 6.07) is 12.0. The van der Waals surface area contributed by atoms with Crippen LogP contribution in [-0.4, -0.2) is 46.1 Å². The molecule has 0 radical (unpaired) electrons. The number of esters is 2. The standard InChI is InChI=1S/C30H37N3O4/c1-22(2)28(29(35)37-30(3,4)5)32-16-6-9-27(34)36-19-7-8-23-10-12-24(13-11-23)20-25-14-15-26-31-17-18-33(26)21-25/h6-15,17-18,21-22,28,32H,16,19-20H2,1-5H3/t28-/m0/s1. The van der Waals surface area contributed by atoms with Gasteiger partial charge in [-0.15, -0.1) is 0 Å². The highest BCUT2D eigenvalue weighted by Crippen LogP contribution is 2.14. The average Bonchev–Trinajstić information content (AvgIpc) is 3.29. The summed E-state index contributed by atoms with van der Waals surface area (Å²) in [5, 5.41) is 3.12. The van der Waals surface area contributed by atoms with E-state index in [4.69, 9.17) is 9.47 Å². The number of carbonyl (C=O) groups is 2. The Bertz CT molecular complexity index is 1230. The topological polar surface area (TPSA) is 81.9 Å².